The highest BCUT2D eigenvalue weighted by Gasteiger charge is 2.47. The molecule has 14 heteroatoms. The van der Waals surface area contributed by atoms with Gasteiger partial charge in [0.05, 0.1) is 31.3 Å². The summed E-state index contributed by atoms with van der Waals surface area (Å²) in [6.07, 6.45) is -14.2. The number of hydrogen-bond donors (Lipinski definition) is 7. The van der Waals surface area contributed by atoms with Crippen LogP contribution in [0.25, 0.3) is 22.1 Å². The lowest BCUT2D eigenvalue weighted by atomic mass is 9.98. The Hall–Kier alpha value is -3.15. The predicted octanol–water partition coefficient (Wildman–Crippen LogP) is -1.53. The zero-order valence-electron chi connectivity index (χ0n) is 22.3. The van der Waals surface area contributed by atoms with E-state index in [1.165, 1.54) is 31.6 Å². The van der Waals surface area contributed by atoms with Gasteiger partial charge in [0.2, 0.25) is 6.29 Å². The van der Waals surface area contributed by atoms with Crippen molar-refractivity contribution in [1.29, 1.82) is 0 Å². The molecule has 14 nitrogen and oxygen atoms in total. The molecule has 0 unspecified atom stereocenters. The van der Waals surface area contributed by atoms with Gasteiger partial charge in [-0.3, -0.25) is 4.79 Å². The minimum absolute atomic E-state index is 0.115. The van der Waals surface area contributed by atoms with E-state index < -0.39 is 74.6 Å². The fourth-order valence-electron chi connectivity index (χ4n) is 4.83. The van der Waals surface area contributed by atoms with Gasteiger partial charge in [0.15, 0.2) is 11.7 Å². The lowest BCUT2D eigenvalue weighted by Gasteiger charge is -2.42. The van der Waals surface area contributed by atoms with E-state index in [9.17, 15) is 40.5 Å². The molecule has 10 atom stereocenters. The van der Waals surface area contributed by atoms with Crippen molar-refractivity contribution in [3.05, 3.63) is 59.0 Å². The van der Waals surface area contributed by atoms with Crippen molar-refractivity contribution < 1.29 is 63.8 Å². The number of ether oxygens (including phenoxy) is 5. The van der Waals surface area contributed by atoms with Gasteiger partial charge in [-0.2, -0.15) is 0 Å². The standard InChI is InChI=1S/C28H32O14/c1-37-13-4-2-12(3-5-13)16-10-38-17-8-14(6-7-15(17)20(16)30)40-28-26(36)24(34)22(32)19(42-28)11-39-27-25(35)23(33)21(31)18(9-29)41-27/h2-8,10,18-19,21-29,31-36H,9,11H2,1H3/t18-,19-,21-,22-,23+,24+,25-,26-,27-,28-/m1/s1. The molecule has 3 heterocycles. The molecule has 0 aliphatic carbocycles. The lowest BCUT2D eigenvalue weighted by molar-refractivity contribution is -0.323. The number of benzene rings is 2. The van der Waals surface area contributed by atoms with Crippen molar-refractivity contribution in [2.75, 3.05) is 20.3 Å². The van der Waals surface area contributed by atoms with Crippen molar-refractivity contribution in [3.63, 3.8) is 0 Å². The topological polar surface area (TPSA) is 218 Å². The Morgan fingerprint density at radius 1 is 0.762 bits per heavy atom. The molecule has 2 aliphatic rings. The molecule has 0 amide bonds. The van der Waals surface area contributed by atoms with Gasteiger partial charge in [0, 0.05) is 6.07 Å². The predicted molar refractivity (Wildman–Crippen MR) is 142 cm³/mol. The maximum atomic E-state index is 13.1. The van der Waals surface area contributed by atoms with E-state index in [0.29, 0.717) is 16.9 Å². The van der Waals surface area contributed by atoms with Crippen LogP contribution in [0.3, 0.4) is 0 Å². The second-order valence-electron chi connectivity index (χ2n) is 10.0. The fourth-order valence-corrected chi connectivity index (χ4v) is 4.83. The van der Waals surface area contributed by atoms with Crippen LogP contribution < -0.4 is 14.9 Å². The van der Waals surface area contributed by atoms with Crippen molar-refractivity contribution >= 4 is 11.0 Å². The van der Waals surface area contributed by atoms with Gasteiger partial charge >= 0.3 is 0 Å². The van der Waals surface area contributed by atoms with Crippen LogP contribution in [0.1, 0.15) is 0 Å². The zero-order chi connectivity index (χ0) is 30.1. The summed E-state index contributed by atoms with van der Waals surface area (Å²) in [6, 6.07) is 11.2. The molecule has 2 fully saturated rings. The van der Waals surface area contributed by atoms with Gasteiger partial charge < -0.3 is 63.8 Å². The summed E-state index contributed by atoms with van der Waals surface area (Å²) < 4.78 is 32.9. The van der Waals surface area contributed by atoms with Gasteiger partial charge in [-0.15, -0.1) is 0 Å². The molecule has 2 saturated heterocycles. The van der Waals surface area contributed by atoms with Crippen LogP contribution in [0.15, 0.2) is 57.9 Å². The second kappa shape index (κ2) is 12.6. The molecule has 7 N–H and O–H groups in total. The molecule has 228 valence electrons. The van der Waals surface area contributed by atoms with Crippen LogP contribution in [-0.4, -0.2) is 117 Å². The Bertz CT molecular complexity index is 1410. The molecular weight excluding hydrogens is 560 g/mol. The third-order valence-corrected chi connectivity index (χ3v) is 7.34. The summed E-state index contributed by atoms with van der Waals surface area (Å²) in [5, 5.41) is 71.0. The molecule has 0 spiro atoms. The number of aliphatic hydroxyl groups excluding tert-OH is 7. The summed E-state index contributed by atoms with van der Waals surface area (Å²) in [5.41, 5.74) is 0.869. The van der Waals surface area contributed by atoms with Crippen molar-refractivity contribution in [1.82, 2.24) is 0 Å². The third kappa shape index (κ3) is 5.87. The smallest absolute Gasteiger partial charge is 0.229 e. The van der Waals surface area contributed by atoms with Crippen LogP contribution >= 0.6 is 0 Å². The molecule has 0 radical (unpaired) electrons. The van der Waals surface area contributed by atoms with Crippen molar-refractivity contribution in [2.45, 2.75) is 61.4 Å². The number of fused-ring (bicyclic) bond motifs is 1. The maximum absolute atomic E-state index is 13.1. The van der Waals surface area contributed by atoms with Crippen LogP contribution in [-0.2, 0) is 14.2 Å². The lowest BCUT2D eigenvalue weighted by Crippen LogP contribution is -2.62. The number of hydrogen-bond acceptors (Lipinski definition) is 14. The van der Waals surface area contributed by atoms with Gasteiger partial charge in [-0.05, 0) is 29.8 Å². The fraction of sp³-hybridized carbons (Fsp3) is 0.464. The number of rotatable bonds is 8. The molecule has 2 aromatic carbocycles. The zero-order valence-corrected chi connectivity index (χ0v) is 22.3. The molecule has 1 aromatic heterocycles. The van der Waals surface area contributed by atoms with Crippen LogP contribution in [0, 0.1) is 0 Å². The van der Waals surface area contributed by atoms with E-state index in [4.69, 9.17) is 28.1 Å². The highest BCUT2D eigenvalue weighted by atomic mass is 16.7. The Morgan fingerprint density at radius 2 is 1.38 bits per heavy atom. The van der Waals surface area contributed by atoms with Crippen molar-refractivity contribution in [2.24, 2.45) is 0 Å². The molecular formula is C28H32O14. The minimum atomic E-state index is -1.72. The van der Waals surface area contributed by atoms with Crippen molar-refractivity contribution in [3.8, 4) is 22.6 Å². The van der Waals surface area contributed by atoms with E-state index in [1.54, 1.807) is 24.3 Å². The first-order valence-corrected chi connectivity index (χ1v) is 13.1. The van der Waals surface area contributed by atoms with Gasteiger partial charge in [0.1, 0.15) is 72.2 Å². The van der Waals surface area contributed by atoms with Crippen LogP contribution in [0.4, 0.5) is 0 Å². The summed E-state index contributed by atoms with van der Waals surface area (Å²) in [6.45, 7) is -1.17. The minimum Gasteiger partial charge on any atom is -0.497 e. The summed E-state index contributed by atoms with van der Waals surface area (Å²) in [7, 11) is 1.54. The summed E-state index contributed by atoms with van der Waals surface area (Å²) in [4.78, 5) is 13.1. The number of methoxy groups -OCH3 is 1. The largest absolute Gasteiger partial charge is 0.497 e. The molecule has 42 heavy (non-hydrogen) atoms. The van der Waals surface area contributed by atoms with Crippen LogP contribution in [0.2, 0.25) is 0 Å². The Labute approximate surface area is 238 Å². The van der Waals surface area contributed by atoms with Crippen LogP contribution in [0.5, 0.6) is 11.5 Å². The monoisotopic (exact) mass is 592 g/mol. The van der Waals surface area contributed by atoms with E-state index in [1.807, 2.05) is 0 Å². The summed E-state index contributed by atoms with van der Waals surface area (Å²) >= 11 is 0. The first-order valence-electron chi connectivity index (χ1n) is 13.1. The van der Waals surface area contributed by atoms with E-state index in [-0.39, 0.29) is 22.1 Å². The average molecular weight is 593 g/mol. The third-order valence-electron chi connectivity index (χ3n) is 7.34. The second-order valence-corrected chi connectivity index (χ2v) is 10.0. The maximum Gasteiger partial charge on any atom is 0.229 e. The first-order chi connectivity index (χ1) is 20.1. The highest BCUT2D eigenvalue weighted by molar-refractivity contribution is 5.82. The van der Waals surface area contributed by atoms with Gasteiger partial charge in [0.25, 0.3) is 0 Å². The molecule has 2 aliphatic heterocycles. The summed E-state index contributed by atoms with van der Waals surface area (Å²) in [5.74, 6) is 0.752. The normalized spacial score (nSPS) is 33.4. The van der Waals surface area contributed by atoms with E-state index in [2.05, 4.69) is 0 Å². The Morgan fingerprint density at radius 3 is 2.05 bits per heavy atom. The average Bonchev–Trinajstić information content (AvgIpc) is 3.00. The SMILES string of the molecule is COc1ccc(-c2coc3cc(O[C@@H]4O[C@H](CO[C@@H]5O[C@H](CO)[C@@H](O)[C@H](O)[C@H]5O)[C@@H](O)[C@H](O)[C@H]4O)ccc3c2=O)cc1. The number of aliphatic hydroxyl groups is 7. The van der Waals surface area contributed by atoms with E-state index >= 15 is 0 Å². The molecule has 0 saturated carbocycles. The quantitative estimate of drug-likeness (QED) is 0.158. The van der Waals surface area contributed by atoms with Gasteiger partial charge in [-0.25, -0.2) is 0 Å². The first kappa shape index (κ1) is 30.3. The molecule has 5 rings (SSSR count). The highest BCUT2D eigenvalue weighted by Crippen LogP contribution is 2.29. The molecule has 3 aromatic rings. The Kier molecular flexibility index (Phi) is 9.10. The molecule has 0 bridgehead atoms. The van der Waals surface area contributed by atoms with E-state index in [0.717, 1.165) is 0 Å². The Balaban J connectivity index is 1.29. The van der Waals surface area contributed by atoms with Gasteiger partial charge in [-0.1, -0.05) is 12.1 Å².